The molecule has 0 spiro atoms. The Labute approximate surface area is 137 Å². The monoisotopic (exact) mass is 329 g/mol. The lowest BCUT2D eigenvalue weighted by molar-refractivity contribution is -0.125. The Bertz CT molecular complexity index is 868. The molecule has 1 unspecified atom stereocenters. The zero-order chi connectivity index (χ0) is 15.8. The normalized spacial score (nSPS) is 17.2. The summed E-state index contributed by atoms with van der Waals surface area (Å²) in [6, 6.07) is 5.50. The van der Waals surface area contributed by atoms with E-state index in [4.69, 9.17) is 11.6 Å². The van der Waals surface area contributed by atoms with E-state index in [2.05, 4.69) is 25.5 Å². The molecule has 1 aromatic carbocycles. The van der Waals surface area contributed by atoms with E-state index in [1.165, 1.54) is 0 Å². The molecule has 2 heterocycles. The van der Waals surface area contributed by atoms with Crippen molar-refractivity contribution >= 4 is 28.5 Å². The van der Waals surface area contributed by atoms with Gasteiger partial charge in [-0.2, -0.15) is 5.10 Å². The third kappa shape index (κ3) is 2.82. The first kappa shape index (κ1) is 14.3. The van der Waals surface area contributed by atoms with E-state index in [0.717, 1.165) is 47.4 Å². The largest absolute Gasteiger partial charge is 0.349 e. The quantitative estimate of drug-likeness (QED) is 0.689. The topological polar surface area (TPSA) is 86.5 Å². The van der Waals surface area contributed by atoms with Crippen molar-refractivity contribution in [1.29, 1.82) is 0 Å². The molecule has 1 aliphatic rings. The molecule has 1 aliphatic carbocycles. The van der Waals surface area contributed by atoms with Crippen LogP contribution in [-0.4, -0.2) is 26.1 Å². The summed E-state index contributed by atoms with van der Waals surface area (Å²) in [7, 11) is 0. The van der Waals surface area contributed by atoms with Gasteiger partial charge in [0.15, 0.2) is 0 Å². The first-order valence-electron chi connectivity index (χ1n) is 7.62. The minimum atomic E-state index is -0.000997. The second-order valence-corrected chi connectivity index (χ2v) is 6.31. The van der Waals surface area contributed by atoms with Crippen LogP contribution in [-0.2, 0) is 24.2 Å². The summed E-state index contributed by atoms with van der Waals surface area (Å²) in [6.07, 6.45) is 4.28. The van der Waals surface area contributed by atoms with Crippen LogP contribution in [0.25, 0.3) is 11.0 Å². The van der Waals surface area contributed by atoms with E-state index in [-0.39, 0.29) is 11.8 Å². The number of hydrogen-bond donors (Lipinski definition) is 3. The number of fused-ring (bicyclic) bond motifs is 2. The van der Waals surface area contributed by atoms with Gasteiger partial charge in [-0.1, -0.05) is 11.6 Å². The van der Waals surface area contributed by atoms with Crippen molar-refractivity contribution in [3.63, 3.8) is 0 Å². The summed E-state index contributed by atoms with van der Waals surface area (Å²) in [5.74, 6) is 0.796. The van der Waals surface area contributed by atoms with Gasteiger partial charge in [0.2, 0.25) is 5.91 Å². The third-order valence-electron chi connectivity index (χ3n) is 4.31. The van der Waals surface area contributed by atoms with Crippen LogP contribution in [0, 0.1) is 5.92 Å². The number of benzene rings is 1. The number of hydrogen-bond acceptors (Lipinski definition) is 3. The Kier molecular flexibility index (Phi) is 3.53. The molecule has 0 radical (unpaired) electrons. The number of carbonyl (C=O) groups is 1. The molecule has 0 aliphatic heterocycles. The average molecular weight is 330 g/mol. The number of aromatic amines is 2. The van der Waals surface area contributed by atoms with Crippen molar-refractivity contribution in [3.8, 4) is 0 Å². The summed E-state index contributed by atoms with van der Waals surface area (Å²) in [6.45, 7) is 0.389. The molecular formula is C16H16ClN5O. The maximum Gasteiger partial charge on any atom is 0.223 e. The summed E-state index contributed by atoms with van der Waals surface area (Å²) >= 11 is 5.96. The summed E-state index contributed by atoms with van der Waals surface area (Å²) in [5, 5.41) is 10.7. The van der Waals surface area contributed by atoms with Gasteiger partial charge in [-0.25, -0.2) is 4.98 Å². The highest BCUT2D eigenvalue weighted by molar-refractivity contribution is 6.31. The molecule has 3 N–H and O–H groups in total. The van der Waals surface area contributed by atoms with Gasteiger partial charge in [-0.3, -0.25) is 9.89 Å². The van der Waals surface area contributed by atoms with Gasteiger partial charge < -0.3 is 10.3 Å². The zero-order valence-corrected chi connectivity index (χ0v) is 13.2. The highest BCUT2D eigenvalue weighted by Crippen LogP contribution is 2.24. The summed E-state index contributed by atoms with van der Waals surface area (Å²) in [5.41, 5.74) is 4.03. The Morgan fingerprint density at radius 1 is 1.43 bits per heavy atom. The molecule has 2 aromatic heterocycles. The van der Waals surface area contributed by atoms with Crippen molar-refractivity contribution in [1.82, 2.24) is 25.5 Å². The van der Waals surface area contributed by atoms with E-state index in [9.17, 15) is 4.79 Å². The number of halogens is 1. The van der Waals surface area contributed by atoms with E-state index < -0.39 is 0 Å². The number of imidazole rings is 1. The molecule has 4 rings (SSSR count). The van der Waals surface area contributed by atoms with Gasteiger partial charge in [-0.05, 0) is 43.0 Å². The first-order valence-corrected chi connectivity index (χ1v) is 8.00. The molecule has 0 fully saturated rings. The fraction of sp³-hybridized carbons (Fsp3) is 0.312. The highest BCUT2D eigenvalue weighted by atomic mass is 35.5. The van der Waals surface area contributed by atoms with Gasteiger partial charge in [0, 0.05) is 16.6 Å². The van der Waals surface area contributed by atoms with Gasteiger partial charge in [0.25, 0.3) is 0 Å². The zero-order valence-electron chi connectivity index (χ0n) is 12.4. The van der Waals surface area contributed by atoms with Crippen LogP contribution in [0.1, 0.15) is 23.5 Å². The molecule has 0 saturated heterocycles. The lowest BCUT2D eigenvalue weighted by Crippen LogP contribution is -2.33. The third-order valence-corrected chi connectivity index (χ3v) is 4.55. The van der Waals surface area contributed by atoms with Crippen LogP contribution in [0.5, 0.6) is 0 Å². The second kappa shape index (κ2) is 5.70. The van der Waals surface area contributed by atoms with E-state index in [1.54, 1.807) is 6.07 Å². The number of amides is 1. The van der Waals surface area contributed by atoms with Crippen LogP contribution in [0.4, 0.5) is 0 Å². The predicted octanol–water partition coefficient (Wildman–Crippen LogP) is 2.36. The number of rotatable bonds is 3. The van der Waals surface area contributed by atoms with Crippen molar-refractivity contribution in [2.75, 3.05) is 0 Å². The lowest BCUT2D eigenvalue weighted by Gasteiger charge is -2.20. The molecular weight excluding hydrogens is 314 g/mol. The van der Waals surface area contributed by atoms with E-state index in [0.29, 0.717) is 11.6 Å². The Hall–Kier alpha value is -2.34. The summed E-state index contributed by atoms with van der Waals surface area (Å²) < 4.78 is 0. The van der Waals surface area contributed by atoms with Gasteiger partial charge >= 0.3 is 0 Å². The number of nitrogens with one attached hydrogen (secondary N) is 3. The minimum absolute atomic E-state index is 0.000997. The van der Waals surface area contributed by atoms with Gasteiger partial charge in [-0.15, -0.1) is 0 Å². The average Bonchev–Trinajstić information content (AvgIpc) is 3.17. The van der Waals surface area contributed by atoms with E-state index in [1.807, 2.05) is 18.3 Å². The number of aromatic nitrogens is 4. The molecule has 6 nitrogen and oxygen atoms in total. The minimum Gasteiger partial charge on any atom is -0.349 e. The number of nitrogens with zero attached hydrogens (tertiary/aromatic N) is 2. The Morgan fingerprint density at radius 3 is 3.26 bits per heavy atom. The van der Waals surface area contributed by atoms with Crippen LogP contribution in [0.3, 0.4) is 0 Å². The van der Waals surface area contributed by atoms with Crippen molar-refractivity contribution in [2.45, 2.75) is 25.8 Å². The van der Waals surface area contributed by atoms with Gasteiger partial charge in [0.1, 0.15) is 5.82 Å². The highest BCUT2D eigenvalue weighted by Gasteiger charge is 2.25. The second-order valence-electron chi connectivity index (χ2n) is 5.88. The summed E-state index contributed by atoms with van der Waals surface area (Å²) in [4.78, 5) is 20.0. The molecule has 0 saturated carbocycles. The number of H-pyrrole nitrogens is 2. The van der Waals surface area contributed by atoms with Crippen molar-refractivity contribution < 1.29 is 4.79 Å². The maximum absolute atomic E-state index is 12.4. The maximum atomic E-state index is 12.4. The molecule has 3 aromatic rings. The lowest BCUT2D eigenvalue weighted by atomic mass is 9.87. The molecule has 7 heteroatoms. The smallest absolute Gasteiger partial charge is 0.223 e. The van der Waals surface area contributed by atoms with Gasteiger partial charge in [0.05, 0.1) is 23.8 Å². The fourth-order valence-corrected chi connectivity index (χ4v) is 3.25. The van der Waals surface area contributed by atoms with Crippen LogP contribution < -0.4 is 5.32 Å². The molecule has 1 amide bonds. The molecule has 1 atom stereocenters. The standard InChI is InChI=1S/C16H16ClN5O/c17-11-2-4-13-14(6-11)21-15(20-13)8-18-16(23)9-1-3-12-10(5-9)7-19-22-12/h2,4,6-7,9H,1,3,5,8H2,(H,18,23)(H,19,22)(H,20,21). The number of carbonyl (C=O) groups excluding carboxylic acids is 1. The number of aryl methyl sites for hydroxylation is 1. The van der Waals surface area contributed by atoms with E-state index >= 15 is 0 Å². The molecule has 23 heavy (non-hydrogen) atoms. The first-order chi connectivity index (χ1) is 11.2. The Balaban J connectivity index is 1.41. The predicted molar refractivity (Wildman–Crippen MR) is 87.1 cm³/mol. The fourth-order valence-electron chi connectivity index (χ4n) is 3.07. The molecule has 118 valence electrons. The van der Waals surface area contributed by atoms with Crippen molar-refractivity contribution in [3.05, 3.63) is 46.5 Å². The molecule has 0 bridgehead atoms. The van der Waals surface area contributed by atoms with Crippen LogP contribution in [0.2, 0.25) is 5.02 Å². The Morgan fingerprint density at radius 2 is 2.35 bits per heavy atom. The van der Waals surface area contributed by atoms with Crippen molar-refractivity contribution in [2.24, 2.45) is 5.92 Å². The van der Waals surface area contributed by atoms with Crippen LogP contribution >= 0.6 is 11.6 Å². The SMILES string of the molecule is O=C(NCc1nc2ccc(Cl)cc2[nH]1)C1CCc2[nH]ncc2C1. The van der Waals surface area contributed by atoms with Crippen LogP contribution in [0.15, 0.2) is 24.4 Å².